The topological polar surface area (TPSA) is 128 Å². The summed E-state index contributed by atoms with van der Waals surface area (Å²) in [4.78, 5) is 41.7. The summed E-state index contributed by atoms with van der Waals surface area (Å²) < 4.78 is 20.4. The lowest BCUT2D eigenvalue weighted by atomic mass is 9.85. The van der Waals surface area contributed by atoms with Crippen molar-refractivity contribution in [2.45, 2.75) is 50.7 Å². The van der Waals surface area contributed by atoms with Gasteiger partial charge in [-0.1, -0.05) is 11.6 Å². The summed E-state index contributed by atoms with van der Waals surface area (Å²) in [6, 6.07) is 3.69. The molecule has 0 bridgehead atoms. The van der Waals surface area contributed by atoms with Crippen LogP contribution in [0.4, 0.5) is 10.1 Å². The number of ether oxygens (including phenoxy) is 1. The Morgan fingerprint density at radius 2 is 1.97 bits per heavy atom. The van der Waals surface area contributed by atoms with Crippen molar-refractivity contribution in [3.63, 3.8) is 0 Å². The minimum Gasteiger partial charge on any atom is -0.376 e. The highest BCUT2D eigenvalue weighted by atomic mass is 35.5. The predicted molar refractivity (Wildman–Crippen MR) is 123 cm³/mol. The van der Waals surface area contributed by atoms with E-state index in [1.807, 2.05) is 0 Å². The normalized spacial score (nSPS) is 22.4. The highest BCUT2D eigenvalue weighted by Gasteiger charge is 2.31. The molecule has 3 amide bonds. The molecule has 11 heteroatoms. The Morgan fingerprint density at radius 3 is 2.62 bits per heavy atom. The molecule has 1 saturated heterocycles. The van der Waals surface area contributed by atoms with Crippen molar-refractivity contribution in [1.29, 1.82) is 0 Å². The number of hydrogen-bond acceptors (Lipinski definition) is 5. The van der Waals surface area contributed by atoms with Gasteiger partial charge in [0.2, 0.25) is 5.91 Å². The fraction of sp³-hybridized carbons (Fsp3) is 0.478. The van der Waals surface area contributed by atoms with Crippen LogP contribution in [-0.2, 0) is 9.53 Å². The number of nitrogens with zero attached hydrogens (tertiary/aromatic N) is 2. The number of carbonyl (C=O) groups excluding carboxylic acids is 3. The van der Waals surface area contributed by atoms with Crippen molar-refractivity contribution in [2.75, 3.05) is 18.5 Å². The van der Waals surface area contributed by atoms with Crippen molar-refractivity contribution in [3.8, 4) is 0 Å². The summed E-state index contributed by atoms with van der Waals surface area (Å²) in [5.41, 5.74) is 6.02. The zero-order valence-corrected chi connectivity index (χ0v) is 19.3. The standard InChI is InChI=1S/C23H27ClFN5O4/c24-17-10-14(25)5-8-18(17)29-22(32)13-3-6-15(7-4-13)30-12-28-19(20(30)21(26)31)23(33)27-11-16-2-1-9-34-16/h5,8,10,12-13,15-16H,1-4,6-7,9,11H2,(H2,26,31)(H,27,33)(H,29,32)/t13-,15-,16-/m1/s1. The zero-order valence-electron chi connectivity index (χ0n) is 18.6. The molecule has 182 valence electrons. The first-order chi connectivity index (χ1) is 16.3. The third kappa shape index (κ3) is 5.39. The number of primary amides is 1. The lowest BCUT2D eigenvalue weighted by molar-refractivity contribution is -0.121. The second-order valence-corrected chi connectivity index (χ2v) is 9.08. The van der Waals surface area contributed by atoms with E-state index in [2.05, 4.69) is 15.6 Å². The fourth-order valence-electron chi connectivity index (χ4n) is 4.59. The Bertz CT molecular complexity index is 1080. The minimum atomic E-state index is -0.731. The van der Waals surface area contributed by atoms with E-state index in [-0.39, 0.29) is 40.4 Å². The maximum absolute atomic E-state index is 13.2. The summed E-state index contributed by atoms with van der Waals surface area (Å²) in [6.07, 6.45) is 5.59. The van der Waals surface area contributed by atoms with Gasteiger partial charge >= 0.3 is 0 Å². The van der Waals surface area contributed by atoms with Gasteiger partial charge in [0, 0.05) is 25.1 Å². The van der Waals surface area contributed by atoms with Crippen molar-refractivity contribution >= 4 is 35.0 Å². The molecule has 34 heavy (non-hydrogen) atoms. The van der Waals surface area contributed by atoms with E-state index in [0.717, 1.165) is 18.9 Å². The average molecular weight is 492 g/mol. The predicted octanol–water partition coefficient (Wildman–Crippen LogP) is 3.05. The number of rotatable bonds is 7. The molecule has 0 spiro atoms. The van der Waals surface area contributed by atoms with Crippen LogP contribution in [0.15, 0.2) is 24.5 Å². The summed E-state index contributed by atoms with van der Waals surface area (Å²) in [5, 5.41) is 5.66. The summed E-state index contributed by atoms with van der Waals surface area (Å²) in [7, 11) is 0. The van der Waals surface area contributed by atoms with Crippen LogP contribution in [0.3, 0.4) is 0 Å². The van der Waals surface area contributed by atoms with Crippen LogP contribution in [-0.4, -0.2) is 46.5 Å². The maximum atomic E-state index is 13.2. The van der Waals surface area contributed by atoms with Gasteiger partial charge in [-0.25, -0.2) is 9.37 Å². The van der Waals surface area contributed by atoms with Gasteiger partial charge in [0.25, 0.3) is 11.8 Å². The molecule has 2 aromatic rings. The zero-order chi connectivity index (χ0) is 24.2. The molecule has 1 saturated carbocycles. The first-order valence-corrected chi connectivity index (χ1v) is 11.7. The molecule has 2 heterocycles. The lowest BCUT2D eigenvalue weighted by Crippen LogP contribution is -2.34. The molecule has 2 fully saturated rings. The van der Waals surface area contributed by atoms with Crippen molar-refractivity contribution < 1.29 is 23.5 Å². The molecule has 0 unspecified atom stereocenters. The first kappa shape index (κ1) is 24.2. The van der Waals surface area contributed by atoms with E-state index in [1.165, 1.54) is 18.5 Å². The molecule has 4 N–H and O–H groups in total. The number of amides is 3. The van der Waals surface area contributed by atoms with Gasteiger partial charge in [0.1, 0.15) is 11.5 Å². The van der Waals surface area contributed by atoms with E-state index in [9.17, 15) is 18.8 Å². The molecule has 1 aliphatic carbocycles. The van der Waals surface area contributed by atoms with Gasteiger partial charge in [-0.3, -0.25) is 14.4 Å². The van der Waals surface area contributed by atoms with Gasteiger partial charge in [-0.15, -0.1) is 0 Å². The molecule has 1 aromatic carbocycles. The Labute approximate surface area is 201 Å². The number of carbonyl (C=O) groups is 3. The molecule has 4 rings (SSSR count). The molecule has 1 aliphatic heterocycles. The number of hydrogen-bond donors (Lipinski definition) is 3. The van der Waals surface area contributed by atoms with Crippen molar-refractivity contribution in [1.82, 2.24) is 14.9 Å². The monoisotopic (exact) mass is 491 g/mol. The lowest BCUT2D eigenvalue weighted by Gasteiger charge is -2.29. The Morgan fingerprint density at radius 1 is 1.21 bits per heavy atom. The van der Waals surface area contributed by atoms with Gasteiger partial charge < -0.3 is 25.7 Å². The van der Waals surface area contributed by atoms with E-state index >= 15 is 0 Å². The van der Waals surface area contributed by atoms with Crippen LogP contribution in [0.5, 0.6) is 0 Å². The van der Waals surface area contributed by atoms with E-state index in [0.29, 0.717) is 44.5 Å². The Kier molecular flexibility index (Phi) is 7.47. The molecule has 9 nitrogen and oxygen atoms in total. The number of halogens is 2. The fourth-order valence-corrected chi connectivity index (χ4v) is 4.80. The van der Waals surface area contributed by atoms with Gasteiger partial charge in [-0.05, 0) is 56.7 Å². The minimum absolute atomic E-state index is 0.00341. The molecule has 1 aromatic heterocycles. The Balaban J connectivity index is 1.38. The van der Waals surface area contributed by atoms with E-state index in [4.69, 9.17) is 22.1 Å². The quantitative estimate of drug-likeness (QED) is 0.548. The van der Waals surface area contributed by atoms with Crippen molar-refractivity contribution in [3.05, 3.63) is 46.8 Å². The smallest absolute Gasteiger partial charge is 0.272 e. The number of anilines is 1. The summed E-state index contributed by atoms with van der Waals surface area (Å²) in [6.45, 7) is 1.03. The number of nitrogens with two attached hydrogens (primary N) is 1. The third-order valence-corrected chi connectivity index (χ3v) is 6.72. The second-order valence-electron chi connectivity index (χ2n) is 8.68. The third-order valence-electron chi connectivity index (χ3n) is 6.41. The summed E-state index contributed by atoms with van der Waals surface area (Å²) in [5.74, 6) is -2.12. The highest BCUT2D eigenvalue weighted by Crippen LogP contribution is 2.34. The molecule has 1 atom stereocenters. The van der Waals surface area contributed by atoms with Gasteiger partial charge in [0.15, 0.2) is 5.69 Å². The van der Waals surface area contributed by atoms with Crippen LogP contribution < -0.4 is 16.4 Å². The van der Waals surface area contributed by atoms with E-state index in [1.54, 1.807) is 4.57 Å². The molecular weight excluding hydrogens is 465 g/mol. The highest BCUT2D eigenvalue weighted by molar-refractivity contribution is 6.33. The maximum Gasteiger partial charge on any atom is 0.272 e. The van der Waals surface area contributed by atoms with Crippen LogP contribution in [0.25, 0.3) is 0 Å². The molecule has 0 radical (unpaired) electrons. The first-order valence-electron chi connectivity index (χ1n) is 11.4. The average Bonchev–Trinajstić information content (AvgIpc) is 3.49. The SMILES string of the molecule is NC(=O)c1c(C(=O)NC[C@H]2CCCO2)ncn1[C@H]1CC[C@H](C(=O)Nc2ccc(F)cc2Cl)CC1. The number of nitrogens with one attached hydrogen (secondary N) is 2. The number of benzene rings is 1. The molecule has 2 aliphatic rings. The number of aromatic nitrogens is 2. The Hall–Kier alpha value is -2.98. The van der Waals surface area contributed by atoms with Gasteiger partial charge in [0.05, 0.1) is 23.1 Å². The van der Waals surface area contributed by atoms with Gasteiger partial charge in [-0.2, -0.15) is 0 Å². The number of imidazole rings is 1. The van der Waals surface area contributed by atoms with Crippen LogP contribution in [0.2, 0.25) is 5.02 Å². The van der Waals surface area contributed by atoms with Crippen LogP contribution >= 0.6 is 11.6 Å². The van der Waals surface area contributed by atoms with Crippen LogP contribution in [0.1, 0.15) is 65.5 Å². The summed E-state index contributed by atoms with van der Waals surface area (Å²) >= 11 is 6.00. The van der Waals surface area contributed by atoms with E-state index < -0.39 is 17.6 Å². The molecular formula is C23H27ClFN5O4. The van der Waals surface area contributed by atoms with Crippen LogP contribution in [0, 0.1) is 11.7 Å². The largest absolute Gasteiger partial charge is 0.376 e. The van der Waals surface area contributed by atoms with Crippen molar-refractivity contribution in [2.24, 2.45) is 11.7 Å². The second kappa shape index (κ2) is 10.5.